The molecule has 0 radical (unpaired) electrons. The molecule has 45 heavy (non-hydrogen) atoms. The number of nitrogens with one attached hydrogen (secondary N) is 5. The SMILES string of the molecule is CC(C)n1[nH]c2cc(-c3ccc(CC(NC(=O)C4CCC(CN)CC4)C(=O)Nc4ccc5[nH]c(=O)[nH]c5c4)cc3)ccc2c1=O. The molecule has 2 aromatic heterocycles. The third kappa shape index (κ3) is 6.48. The highest BCUT2D eigenvalue weighted by Crippen LogP contribution is 2.29. The van der Waals surface area contributed by atoms with Crippen LogP contribution in [0.1, 0.15) is 51.1 Å². The van der Waals surface area contributed by atoms with Crippen LogP contribution >= 0.6 is 0 Å². The number of hydrogen-bond donors (Lipinski definition) is 6. The summed E-state index contributed by atoms with van der Waals surface area (Å²) in [5.41, 5.74) is 10.8. The van der Waals surface area contributed by atoms with Gasteiger partial charge < -0.3 is 26.3 Å². The summed E-state index contributed by atoms with van der Waals surface area (Å²) in [6.45, 7) is 4.55. The highest BCUT2D eigenvalue weighted by atomic mass is 16.2. The van der Waals surface area contributed by atoms with Gasteiger partial charge in [-0.05, 0) is 99.0 Å². The number of imidazole rings is 1. The lowest BCUT2D eigenvalue weighted by atomic mass is 9.81. The van der Waals surface area contributed by atoms with Crippen LogP contribution in [0.2, 0.25) is 0 Å². The van der Waals surface area contributed by atoms with Crippen molar-refractivity contribution in [1.82, 2.24) is 25.1 Å². The van der Waals surface area contributed by atoms with Gasteiger partial charge in [0, 0.05) is 24.1 Å². The minimum absolute atomic E-state index is 0.0276. The number of H-pyrrole nitrogens is 3. The molecule has 0 aliphatic heterocycles. The van der Waals surface area contributed by atoms with Crippen molar-refractivity contribution in [3.8, 4) is 11.1 Å². The minimum atomic E-state index is -0.811. The van der Waals surface area contributed by atoms with Crippen LogP contribution in [0.3, 0.4) is 0 Å². The van der Waals surface area contributed by atoms with E-state index in [-0.39, 0.29) is 35.0 Å². The fourth-order valence-electron chi connectivity index (χ4n) is 6.24. The van der Waals surface area contributed by atoms with E-state index in [1.165, 1.54) is 0 Å². The Kier molecular flexibility index (Phi) is 8.44. The second-order valence-corrected chi connectivity index (χ2v) is 12.4. The van der Waals surface area contributed by atoms with E-state index in [1.54, 1.807) is 22.9 Å². The molecular weight excluding hydrogens is 570 g/mol. The van der Waals surface area contributed by atoms with E-state index in [0.717, 1.165) is 47.9 Å². The summed E-state index contributed by atoms with van der Waals surface area (Å²) in [5.74, 6) is -0.177. The molecule has 1 unspecified atom stereocenters. The topological polar surface area (TPSA) is 171 Å². The summed E-state index contributed by atoms with van der Waals surface area (Å²) in [6.07, 6.45) is 3.62. The molecule has 1 saturated carbocycles. The van der Waals surface area contributed by atoms with Crippen LogP contribution in [0.25, 0.3) is 33.1 Å². The van der Waals surface area contributed by atoms with Crippen molar-refractivity contribution in [1.29, 1.82) is 0 Å². The van der Waals surface area contributed by atoms with Gasteiger partial charge in [-0.2, -0.15) is 0 Å². The first-order valence-electron chi connectivity index (χ1n) is 15.6. The number of amides is 2. The van der Waals surface area contributed by atoms with E-state index in [2.05, 4.69) is 25.7 Å². The zero-order chi connectivity index (χ0) is 31.7. The molecule has 2 heterocycles. The molecule has 11 heteroatoms. The number of fused-ring (bicyclic) bond motifs is 2. The number of hydrogen-bond acceptors (Lipinski definition) is 5. The van der Waals surface area contributed by atoms with Gasteiger partial charge in [0.1, 0.15) is 6.04 Å². The van der Waals surface area contributed by atoms with Crippen LogP contribution in [0.4, 0.5) is 5.69 Å². The lowest BCUT2D eigenvalue weighted by molar-refractivity contribution is -0.130. The van der Waals surface area contributed by atoms with Crippen molar-refractivity contribution < 1.29 is 9.59 Å². The highest BCUT2D eigenvalue weighted by molar-refractivity contribution is 5.98. The van der Waals surface area contributed by atoms with Gasteiger partial charge in [-0.15, -0.1) is 0 Å². The van der Waals surface area contributed by atoms with Crippen molar-refractivity contribution in [3.05, 3.63) is 87.1 Å². The van der Waals surface area contributed by atoms with E-state index >= 15 is 0 Å². The molecule has 0 saturated heterocycles. The molecule has 1 atom stereocenters. The zero-order valence-corrected chi connectivity index (χ0v) is 25.5. The van der Waals surface area contributed by atoms with E-state index in [1.807, 2.05) is 56.3 Å². The standard InChI is InChI=1S/C34H39N7O4/c1-19(2)41-33(44)26-13-11-24(16-28(26)40-41)22-7-3-20(4-8-22)15-30(37-31(42)23-9-5-21(18-35)6-10-23)32(43)36-25-12-14-27-29(17-25)39-34(45)38-27/h3-4,7-8,11-14,16-17,19,21,23,30,40H,5-6,9-10,15,18,35H2,1-2H3,(H,36,43)(H,37,42)(H2,38,39,45). The van der Waals surface area contributed by atoms with Gasteiger partial charge in [-0.1, -0.05) is 30.3 Å². The number of nitrogens with zero attached hydrogens (tertiary/aromatic N) is 1. The number of aromatic amines is 3. The van der Waals surface area contributed by atoms with Crippen LogP contribution in [0.5, 0.6) is 0 Å². The Hall–Kier alpha value is -4.90. The first-order chi connectivity index (χ1) is 21.7. The van der Waals surface area contributed by atoms with Crippen molar-refractivity contribution in [2.75, 3.05) is 11.9 Å². The van der Waals surface area contributed by atoms with Crippen molar-refractivity contribution >= 4 is 39.4 Å². The monoisotopic (exact) mass is 609 g/mol. The highest BCUT2D eigenvalue weighted by Gasteiger charge is 2.29. The predicted octanol–water partition coefficient (Wildman–Crippen LogP) is 4.18. The second-order valence-electron chi connectivity index (χ2n) is 12.4. The maximum absolute atomic E-state index is 13.6. The second kappa shape index (κ2) is 12.6. The third-order valence-electron chi connectivity index (χ3n) is 8.92. The van der Waals surface area contributed by atoms with E-state index in [0.29, 0.717) is 41.0 Å². The van der Waals surface area contributed by atoms with Gasteiger partial charge in [0.25, 0.3) is 5.56 Å². The van der Waals surface area contributed by atoms with Crippen LogP contribution in [0.15, 0.2) is 70.3 Å². The summed E-state index contributed by atoms with van der Waals surface area (Å²) in [4.78, 5) is 56.7. The summed E-state index contributed by atoms with van der Waals surface area (Å²) < 4.78 is 1.62. The zero-order valence-electron chi connectivity index (χ0n) is 25.5. The molecular formula is C34H39N7O4. The van der Waals surface area contributed by atoms with Crippen molar-refractivity contribution in [2.45, 2.75) is 58.0 Å². The number of nitrogens with two attached hydrogens (primary N) is 1. The molecule has 1 fully saturated rings. The molecule has 11 nitrogen and oxygen atoms in total. The van der Waals surface area contributed by atoms with Crippen molar-refractivity contribution in [2.24, 2.45) is 17.6 Å². The lowest BCUT2D eigenvalue weighted by Crippen LogP contribution is -2.48. The fraction of sp³-hybridized carbons (Fsp3) is 0.353. The van der Waals surface area contributed by atoms with E-state index < -0.39 is 6.04 Å². The number of anilines is 1. The molecule has 7 N–H and O–H groups in total. The molecule has 3 aromatic carbocycles. The molecule has 1 aliphatic carbocycles. The van der Waals surface area contributed by atoms with Crippen LogP contribution < -0.4 is 27.6 Å². The largest absolute Gasteiger partial charge is 0.344 e. The summed E-state index contributed by atoms with van der Waals surface area (Å²) in [5, 5.41) is 9.79. The van der Waals surface area contributed by atoms with Gasteiger partial charge in [0.05, 0.1) is 21.9 Å². The Balaban J connectivity index is 1.21. The molecule has 5 aromatic rings. The normalized spacial score (nSPS) is 17.5. The molecule has 0 bridgehead atoms. The number of carbonyl (C=O) groups excluding carboxylic acids is 2. The first-order valence-corrected chi connectivity index (χ1v) is 15.6. The Morgan fingerprint density at radius 1 is 0.889 bits per heavy atom. The smallest absolute Gasteiger partial charge is 0.323 e. The van der Waals surface area contributed by atoms with E-state index in [9.17, 15) is 19.2 Å². The fourth-order valence-corrected chi connectivity index (χ4v) is 6.24. The predicted molar refractivity (Wildman–Crippen MR) is 176 cm³/mol. The number of benzene rings is 3. The first kappa shape index (κ1) is 30.1. The quantitative estimate of drug-likeness (QED) is 0.147. The average Bonchev–Trinajstić information content (AvgIpc) is 3.58. The Morgan fingerprint density at radius 2 is 1.60 bits per heavy atom. The molecule has 1 aliphatic rings. The summed E-state index contributed by atoms with van der Waals surface area (Å²) in [7, 11) is 0. The summed E-state index contributed by atoms with van der Waals surface area (Å²) in [6, 6.07) is 17.9. The van der Waals surface area contributed by atoms with Crippen LogP contribution in [-0.2, 0) is 16.0 Å². The van der Waals surface area contributed by atoms with Crippen LogP contribution in [-0.4, -0.2) is 44.1 Å². The average molecular weight is 610 g/mol. The van der Waals surface area contributed by atoms with Gasteiger partial charge in [-0.25, -0.2) is 9.48 Å². The maximum Gasteiger partial charge on any atom is 0.323 e. The molecule has 2 amide bonds. The van der Waals surface area contributed by atoms with E-state index in [4.69, 9.17) is 5.73 Å². The van der Waals surface area contributed by atoms with Gasteiger partial charge in [0.2, 0.25) is 11.8 Å². The number of rotatable bonds is 9. The number of carbonyl (C=O) groups is 2. The lowest BCUT2D eigenvalue weighted by Gasteiger charge is -2.28. The Labute approximate surface area is 259 Å². The van der Waals surface area contributed by atoms with Gasteiger partial charge >= 0.3 is 5.69 Å². The minimum Gasteiger partial charge on any atom is -0.344 e. The van der Waals surface area contributed by atoms with Crippen molar-refractivity contribution in [3.63, 3.8) is 0 Å². The maximum atomic E-state index is 13.6. The van der Waals surface area contributed by atoms with Gasteiger partial charge in [-0.3, -0.25) is 19.5 Å². The molecule has 6 rings (SSSR count). The third-order valence-corrected chi connectivity index (χ3v) is 8.92. The molecule has 0 spiro atoms. The number of aromatic nitrogens is 4. The molecule has 234 valence electrons. The van der Waals surface area contributed by atoms with Gasteiger partial charge in [0.15, 0.2) is 0 Å². The summed E-state index contributed by atoms with van der Waals surface area (Å²) >= 11 is 0. The Bertz CT molecular complexity index is 1960. The Morgan fingerprint density at radius 3 is 2.31 bits per heavy atom. The van der Waals surface area contributed by atoms with Crippen LogP contribution in [0, 0.1) is 11.8 Å².